The summed E-state index contributed by atoms with van der Waals surface area (Å²) in [6, 6.07) is 8.03. The Morgan fingerprint density at radius 2 is 2.31 bits per heavy atom. The van der Waals surface area contributed by atoms with Crippen molar-refractivity contribution in [1.82, 2.24) is 0 Å². The van der Waals surface area contributed by atoms with Crippen molar-refractivity contribution >= 4 is 0 Å². The predicted octanol–water partition coefficient (Wildman–Crippen LogP) is 2.30. The van der Waals surface area contributed by atoms with Crippen LogP contribution in [-0.4, -0.2) is 24.6 Å². The normalized spacial score (nSPS) is 21.0. The highest BCUT2D eigenvalue weighted by molar-refractivity contribution is 5.37. The van der Waals surface area contributed by atoms with Crippen LogP contribution in [0.1, 0.15) is 31.2 Å². The molecule has 0 aromatic heterocycles. The lowest BCUT2D eigenvalue weighted by Gasteiger charge is -2.27. The summed E-state index contributed by atoms with van der Waals surface area (Å²) in [6.07, 6.45) is 0.927. The van der Waals surface area contributed by atoms with Gasteiger partial charge in [0.1, 0.15) is 5.75 Å². The molecule has 0 bridgehead atoms. The second-order valence-corrected chi connectivity index (χ2v) is 4.02. The molecule has 1 aliphatic rings. The molecular weight excluding hydrogens is 204 g/mol. The van der Waals surface area contributed by atoms with Gasteiger partial charge in [-0.25, -0.2) is 0 Å². The van der Waals surface area contributed by atoms with E-state index in [1.54, 1.807) is 0 Å². The lowest BCUT2D eigenvalue weighted by atomic mass is 9.90. The average molecular weight is 222 g/mol. The summed E-state index contributed by atoms with van der Waals surface area (Å²) < 4.78 is 10.7. The van der Waals surface area contributed by atoms with E-state index in [2.05, 4.69) is 6.07 Å². The van der Waals surface area contributed by atoms with Gasteiger partial charge in [-0.15, -0.1) is 0 Å². The van der Waals surface area contributed by atoms with Gasteiger partial charge in [-0.1, -0.05) is 18.2 Å². The fourth-order valence-electron chi connectivity index (χ4n) is 2.16. The molecule has 3 heteroatoms. The minimum Gasteiger partial charge on any atom is -0.493 e. The molecule has 2 atom stereocenters. The monoisotopic (exact) mass is 222 g/mol. The van der Waals surface area contributed by atoms with Crippen LogP contribution >= 0.6 is 0 Å². The highest BCUT2D eigenvalue weighted by Gasteiger charge is 2.23. The Morgan fingerprint density at radius 3 is 3.12 bits per heavy atom. The third-order valence-corrected chi connectivity index (χ3v) is 2.93. The Hall–Kier alpha value is -1.06. The molecule has 1 aliphatic heterocycles. The van der Waals surface area contributed by atoms with Gasteiger partial charge in [-0.05, 0) is 30.9 Å². The smallest absolute Gasteiger partial charge is 0.155 e. The highest BCUT2D eigenvalue weighted by Crippen LogP contribution is 2.36. The van der Waals surface area contributed by atoms with Crippen molar-refractivity contribution in [2.45, 2.75) is 32.0 Å². The number of rotatable bonds is 4. The van der Waals surface area contributed by atoms with Gasteiger partial charge in [0.15, 0.2) is 6.29 Å². The number of hydrogen-bond acceptors (Lipinski definition) is 3. The summed E-state index contributed by atoms with van der Waals surface area (Å²) in [5, 5.41) is 9.66. The molecule has 0 amide bonds. The molecule has 0 saturated heterocycles. The number of fused-ring (bicyclic) bond motifs is 1. The Bertz CT molecular complexity index is 338. The van der Waals surface area contributed by atoms with Crippen LogP contribution in [-0.2, 0) is 4.74 Å². The average Bonchev–Trinajstić information content (AvgIpc) is 2.30. The van der Waals surface area contributed by atoms with Crippen molar-refractivity contribution < 1.29 is 14.6 Å². The van der Waals surface area contributed by atoms with Crippen LogP contribution < -0.4 is 4.74 Å². The van der Waals surface area contributed by atoms with Crippen LogP contribution in [0.4, 0.5) is 0 Å². The first kappa shape index (κ1) is 11.4. The van der Waals surface area contributed by atoms with Crippen LogP contribution in [0, 0.1) is 0 Å². The summed E-state index contributed by atoms with van der Waals surface area (Å²) in [5.41, 5.74) is 1.19. The standard InChI is InChI=1S/C13H18O3/c1-2-15-13(14)9-10-7-8-16-12-6-4-3-5-11(10)12/h3-6,10,13-14H,2,7-9H2,1H3. The molecular formula is C13H18O3. The first-order valence-corrected chi connectivity index (χ1v) is 5.82. The SMILES string of the molecule is CCOC(O)CC1CCOc2ccccc21. The van der Waals surface area contributed by atoms with Crippen molar-refractivity contribution in [1.29, 1.82) is 0 Å². The third kappa shape index (κ3) is 2.54. The second kappa shape index (κ2) is 5.32. The van der Waals surface area contributed by atoms with Crippen molar-refractivity contribution in [3.63, 3.8) is 0 Å². The fraction of sp³-hybridized carbons (Fsp3) is 0.538. The van der Waals surface area contributed by atoms with Gasteiger partial charge in [-0.2, -0.15) is 0 Å². The molecule has 16 heavy (non-hydrogen) atoms. The maximum Gasteiger partial charge on any atom is 0.155 e. The van der Waals surface area contributed by atoms with Gasteiger partial charge in [0.05, 0.1) is 6.61 Å². The van der Waals surface area contributed by atoms with Gasteiger partial charge in [-0.3, -0.25) is 0 Å². The molecule has 0 aliphatic carbocycles. The molecule has 2 unspecified atom stereocenters. The minimum atomic E-state index is -0.666. The maximum absolute atomic E-state index is 9.66. The van der Waals surface area contributed by atoms with Crippen LogP contribution in [0.25, 0.3) is 0 Å². The van der Waals surface area contributed by atoms with Gasteiger partial charge in [0, 0.05) is 13.0 Å². The van der Waals surface area contributed by atoms with Crippen molar-refractivity contribution in [2.75, 3.05) is 13.2 Å². The number of hydrogen-bond donors (Lipinski definition) is 1. The first-order chi connectivity index (χ1) is 7.81. The van der Waals surface area contributed by atoms with Crippen LogP contribution in [0.2, 0.25) is 0 Å². The van der Waals surface area contributed by atoms with Gasteiger partial charge >= 0.3 is 0 Å². The molecule has 1 aromatic rings. The molecule has 2 rings (SSSR count). The molecule has 1 heterocycles. The second-order valence-electron chi connectivity index (χ2n) is 4.02. The lowest BCUT2D eigenvalue weighted by Crippen LogP contribution is -2.21. The van der Waals surface area contributed by atoms with Gasteiger partial charge < -0.3 is 14.6 Å². The number of ether oxygens (including phenoxy) is 2. The van der Waals surface area contributed by atoms with E-state index < -0.39 is 6.29 Å². The summed E-state index contributed by atoms with van der Waals surface area (Å²) in [6.45, 7) is 3.16. The summed E-state index contributed by atoms with van der Waals surface area (Å²) >= 11 is 0. The lowest BCUT2D eigenvalue weighted by molar-refractivity contribution is -0.103. The molecule has 0 saturated carbocycles. The Kier molecular flexibility index (Phi) is 3.80. The van der Waals surface area contributed by atoms with E-state index in [-0.39, 0.29) is 0 Å². The van der Waals surface area contributed by atoms with Crippen LogP contribution in [0.15, 0.2) is 24.3 Å². The quantitative estimate of drug-likeness (QED) is 0.794. The molecule has 1 aromatic carbocycles. The molecule has 0 spiro atoms. The zero-order chi connectivity index (χ0) is 11.4. The topological polar surface area (TPSA) is 38.7 Å². The van der Waals surface area contributed by atoms with E-state index in [4.69, 9.17) is 9.47 Å². The fourth-order valence-corrected chi connectivity index (χ4v) is 2.16. The molecule has 3 nitrogen and oxygen atoms in total. The molecule has 0 fully saturated rings. The number of aliphatic hydroxyl groups is 1. The largest absolute Gasteiger partial charge is 0.493 e. The zero-order valence-electron chi connectivity index (χ0n) is 9.56. The summed E-state index contributed by atoms with van der Waals surface area (Å²) in [7, 11) is 0. The number of benzene rings is 1. The highest BCUT2D eigenvalue weighted by atomic mass is 16.6. The number of aliphatic hydroxyl groups excluding tert-OH is 1. The van der Waals surface area contributed by atoms with E-state index in [0.717, 1.165) is 18.8 Å². The predicted molar refractivity (Wildman–Crippen MR) is 61.5 cm³/mol. The van der Waals surface area contributed by atoms with E-state index in [1.807, 2.05) is 25.1 Å². The summed E-state index contributed by atoms with van der Waals surface area (Å²) in [4.78, 5) is 0. The molecule has 1 N–H and O–H groups in total. The van der Waals surface area contributed by atoms with Crippen molar-refractivity contribution in [2.24, 2.45) is 0 Å². The van der Waals surface area contributed by atoms with Crippen LogP contribution in [0.5, 0.6) is 5.75 Å². The van der Waals surface area contributed by atoms with E-state index in [1.165, 1.54) is 5.56 Å². The van der Waals surface area contributed by atoms with E-state index in [0.29, 0.717) is 18.9 Å². The van der Waals surface area contributed by atoms with Crippen molar-refractivity contribution in [3.05, 3.63) is 29.8 Å². The van der Waals surface area contributed by atoms with Crippen molar-refractivity contribution in [3.8, 4) is 5.75 Å². The Morgan fingerprint density at radius 1 is 1.50 bits per heavy atom. The maximum atomic E-state index is 9.66. The Balaban J connectivity index is 2.07. The minimum absolute atomic E-state index is 0.339. The van der Waals surface area contributed by atoms with E-state index in [9.17, 15) is 5.11 Å². The zero-order valence-corrected chi connectivity index (χ0v) is 9.56. The van der Waals surface area contributed by atoms with Crippen LogP contribution in [0.3, 0.4) is 0 Å². The third-order valence-electron chi connectivity index (χ3n) is 2.93. The molecule has 0 radical (unpaired) electrons. The van der Waals surface area contributed by atoms with Gasteiger partial charge in [0.25, 0.3) is 0 Å². The number of para-hydroxylation sites is 1. The summed E-state index contributed by atoms with van der Waals surface area (Å²) in [5.74, 6) is 1.29. The first-order valence-electron chi connectivity index (χ1n) is 5.82. The Labute approximate surface area is 96.0 Å². The van der Waals surface area contributed by atoms with Gasteiger partial charge in [0.2, 0.25) is 0 Å². The van der Waals surface area contributed by atoms with E-state index >= 15 is 0 Å². The molecule has 88 valence electrons.